The number of halogens is 1. The van der Waals surface area contributed by atoms with Gasteiger partial charge in [-0.3, -0.25) is 9.59 Å². The van der Waals surface area contributed by atoms with E-state index in [1.165, 1.54) is 24.0 Å². The van der Waals surface area contributed by atoms with Gasteiger partial charge in [0.15, 0.2) is 5.78 Å². The highest BCUT2D eigenvalue weighted by Crippen LogP contribution is 2.66. The molecule has 0 amide bonds. The molecular weight excluding hydrogens is 376 g/mol. The molecule has 0 saturated heterocycles. The zero-order valence-electron chi connectivity index (χ0n) is 15.8. The van der Waals surface area contributed by atoms with E-state index in [2.05, 4.69) is 42.8 Å². The van der Waals surface area contributed by atoms with E-state index in [-0.39, 0.29) is 27.4 Å². The summed E-state index contributed by atoms with van der Waals surface area (Å²) in [4.78, 5) is 24.4. The summed E-state index contributed by atoms with van der Waals surface area (Å²) >= 11 is 3.62. The highest BCUT2D eigenvalue weighted by molar-refractivity contribution is 9.10. The molecule has 2 saturated carbocycles. The predicted molar refractivity (Wildman–Crippen MR) is 104 cm³/mol. The Morgan fingerprint density at radius 3 is 2.60 bits per heavy atom. The average molecular weight is 405 g/mol. The lowest BCUT2D eigenvalue weighted by molar-refractivity contribution is -0.126. The largest absolute Gasteiger partial charge is 0.300 e. The van der Waals surface area contributed by atoms with Gasteiger partial charge in [-0.05, 0) is 86.2 Å². The Labute approximate surface area is 159 Å². The summed E-state index contributed by atoms with van der Waals surface area (Å²) in [5, 5.41) is 0. The van der Waals surface area contributed by atoms with Crippen LogP contribution in [0.2, 0.25) is 0 Å². The fraction of sp³-hybridized carbons (Fsp3) is 0.727. The third kappa shape index (κ3) is 2.33. The van der Waals surface area contributed by atoms with Gasteiger partial charge >= 0.3 is 0 Å². The number of alkyl halides is 1. The Morgan fingerprint density at radius 1 is 1.20 bits per heavy atom. The van der Waals surface area contributed by atoms with E-state index in [1.807, 2.05) is 6.08 Å². The molecular formula is C22H29BrO2. The molecule has 0 aromatic rings. The van der Waals surface area contributed by atoms with E-state index >= 15 is 0 Å². The van der Waals surface area contributed by atoms with Gasteiger partial charge in [-0.2, -0.15) is 0 Å². The monoisotopic (exact) mass is 404 g/mol. The van der Waals surface area contributed by atoms with Crippen LogP contribution in [0.15, 0.2) is 23.3 Å². The Bertz CT molecular complexity index is 705. The van der Waals surface area contributed by atoms with Crippen LogP contribution in [0.3, 0.4) is 0 Å². The van der Waals surface area contributed by atoms with E-state index < -0.39 is 0 Å². The first-order valence-corrected chi connectivity index (χ1v) is 10.7. The summed E-state index contributed by atoms with van der Waals surface area (Å²) in [5.74, 6) is 2.61. The molecule has 25 heavy (non-hydrogen) atoms. The van der Waals surface area contributed by atoms with Crippen LogP contribution in [0.1, 0.15) is 59.8 Å². The van der Waals surface area contributed by atoms with E-state index in [0.29, 0.717) is 23.5 Å². The van der Waals surface area contributed by atoms with Crippen LogP contribution >= 0.6 is 15.9 Å². The molecule has 4 rings (SSSR count). The minimum absolute atomic E-state index is 0.0466. The Morgan fingerprint density at radius 2 is 1.92 bits per heavy atom. The number of allylic oxidation sites excluding steroid dienone is 4. The molecule has 2 fully saturated rings. The van der Waals surface area contributed by atoms with E-state index in [1.54, 1.807) is 6.92 Å². The fourth-order valence-corrected chi connectivity index (χ4v) is 7.92. The second-order valence-corrected chi connectivity index (χ2v) is 10.6. The maximum absolute atomic E-state index is 12.3. The van der Waals surface area contributed by atoms with Gasteiger partial charge < -0.3 is 0 Å². The molecule has 3 heteroatoms. The third-order valence-electron chi connectivity index (χ3n) is 8.32. The van der Waals surface area contributed by atoms with Crippen LogP contribution in [-0.2, 0) is 9.59 Å². The van der Waals surface area contributed by atoms with Crippen molar-refractivity contribution in [3.8, 4) is 0 Å². The number of Topliss-reactive ketones (excluding diaryl/α,β-unsaturated/α-hetero) is 1. The predicted octanol–water partition coefficient (Wildman–Crippen LogP) is 5.26. The lowest BCUT2D eigenvalue weighted by atomic mass is 9.47. The Hall–Kier alpha value is -0.700. The Kier molecular flexibility index (Phi) is 4.00. The second kappa shape index (κ2) is 5.65. The molecule has 0 aromatic carbocycles. The first-order chi connectivity index (χ1) is 11.7. The van der Waals surface area contributed by atoms with Gasteiger partial charge in [0.2, 0.25) is 0 Å². The Balaban J connectivity index is 1.78. The molecule has 0 bridgehead atoms. The molecule has 2 nitrogen and oxygen atoms in total. The summed E-state index contributed by atoms with van der Waals surface area (Å²) < 4.78 is 0. The number of carbonyl (C=O) groups excluding carboxylic acids is 2. The molecule has 7 unspecified atom stereocenters. The van der Waals surface area contributed by atoms with Crippen molar-refractivity contribution in [1.29, 1.82) is 0 Å². The van der Waals surface area contributed by atoms with Gasteiger partial charge in [-0.25, -0.2) is 0 Å². The summed E-state index contributed by atoms with van der Waals surface area (Å²) in [5.41, 5.74) is 2.83. The van der Waals surface area contributed by atoms with Crippen LogP contribution in [0.25, 0.3) is 0 Å². The minimum atomic E-state index is -0.0466. The summed E-state index contributed by atoms with van der Waals surface area (Å²) in [7, 11) is 0. The number of fused-ring (bicyclic) bond motifs is 5. The highest BCUT2D eigenvalue weighted by atomic mass is 79.9. The van der Waals surface area contributed by atoms with Crippen molar-refractivity contribution in [3.63, 3.8) is 0 Å². The molecule has 0 N–H and O–H groups in total. The second-order valence-electron chi connectivity index (χ2n) is 9.47. The van der Waals surface area contributed by atoms with Crippen LogP contribution in [0.4, 0.5) is 0 Å². The van der Waals surface area contributed by atoms with Gasteiger partial charge in [-0.1, -0.05) is 41.4 Å². The zero-order valence-corrected chi connectivity index (χ0v) is 17.4. The van der Waals surface area contributed by atoms with E-state index in [4.69, 9.17) is 0 Å². The smallest absolute Gasteiger partial charge is 0.169 e. The SMILES string of the molecule is CC(=O)C1CCC2C3C=C(C)C4=CC(=O)C(Br)CC4(C)C3CCC12C. The molecule has 136 valence electrons. The standard InChI is InChI=1S/C22H29BrO2/c1-12-9-14-16-6-5-15(13(2)24)21(16,3)8-7-17(14)22(4)11-19(23)20(25)10-18(12)22/h9-10,14-17,19H,5-8,11H2,1-4H3. The number of hydrogen-bond acceptors (Lipinski definition) is 2. The quantitative estimate of drug-likeness (QED) is 0.558. The number of rotatable bonds is 1. The van der Waals surface area contributed by atoms with Gasteiger partial charge in [0.25, 0.3) is 0 Å². The van der Waals surface area contributed by atoms with Crippen molar-refractivity contribution in [2.24, 2.45) is 34.5 Å². The van der Waals surface area contributed by atoms with Crippen LogP contribution in [0.5, 0.6) is 0 Å². The molecule has 0 aliphatic heterocycles. The maximum atomic E-state index is 12.3. The van der Waals surface area contributed by atoms with Crippen LogP contribution in [0, 0.1) is 34.5 Å². The molecule has 0 aromatic heterocycles. The van der Waals surface area contributed by atoms with Crippen molar-refractivity contribution in [2.45, 2.75) is 64.6 Å². The first kappa shape index (κ1) is 17.7. The molecule has 0 heterocycles. The van der Waals surface area contributed by atoms with Gasteiger partial charge in [0.1, 0.15) is 5.78 Å². The lowest BCUT2D eigenvalue weighted by Crippen LogP contribution is -2.51. The van der Waals surface area contributed by atoms with Crippen LogP contribution < -0.4 is 0 Å². The maximum Gasteiger partial charge on any atom is 0.169 e. The van der Waals surface area contributed by atoms with E-state index in [9.17, 15) is 9.59 Å². The summed E-state index contributed by atoms with van der Waals surface area (Å²) in [6.07, 6.45) is 9.84. The van der Waals surface area contributed by atoms with Crippen molar-refractivity contribution in [1.82, 2.24) is 0 Å². The van der Waals surface area contributed by atoms with Crippen LogP contribution in [-0.4, -0.2) is 16.4 Å². The highest BCUT2D eigenvalue weighted by Gasteiger charge is 2.59. The van der Waals surface area contributed by atoms with Gasteiger partial charge in [0, 0.05) is 5.92 Å². The molecule has 4 aliphatic carbocycles. The first-order valence-electron chi connectivity index (χ1n) is 9.78. The van der Waals surface area contributed by atoms with Gasteiger partial charge in [-0.15, -0.1) is 0 Å². The van der Waals surface area contributed by atoms with E-state index in [0.717, 1.165) is 19.3 Å². The minimum Gasteiger partial charge on any atom is -0.300 e. The summed E-state index contributed by atoms with van der Waals surface area (Å²) in [6, 6.07) is 0. The molecule has 0 spiro atoms. The average Bonchev–Trinajstić information content (AvgIpc) is 2.88. The number of hydrogen-bond donors (Lipinski definition) is 0. The normalized spacial score (nSPS) is 48.8. The summed E-state index contributed by atoms with van der Waals surface area (Å²) in [6.45, 7) is 8.73. The molecule has 4 aliphatic rings. The van der Waals surface area contributed by atoms with Crippen molar-refractivity contribution < 1.29 is 9.59 Å². The third-order valence-corrected chi connectivity index (χ3v) is 9.10. The topological polar surface area (TPSA) is 34.1 Å². The fourth-order valence-electron chi connectivity index (χ4n) is 7.11. The van der Waals surface area contributed by atoms with Crippen molar-refractivity contribution in [3.05, 3.63) is 23.3 Å². The molecule has 0 radical (unpaired) electrons. The van der Waals surface area contributed by atoms with Gasteiger partial charge in [0.05, 0.1) is 4.83 Å². The van der Waals surface area contributed by atoms with Crippen molar-refractivity contribution in [2.75, 3.05) is 0 Å². The molecule has 7 atom stereocenters. The number of carbonyl (C=O) groups is 2. The van der Waals surface area contributed by atoms with Crippen molar-refractivity contribution >= 4 is 27.5 Å². The number of ketones is 2. The lowest BCUT2D eigenvalue weighted by Gasteiger charge is -2.57. The zero-order chi connectivity index (χ0) is 18.1.